The van der Waals surface area contributed by atoms with Gasteiger partial charge in [0.2, 0.25) is 0 Å². The van der Waals surface area contributed by atoms with Gasteiger partial charge >= 0.3 is 5.97 Å². The van der Waals surface area contributed by atoms with Crippen LogP contribution >= 0.6 is 0 Å². The minimum atomic E-state index is -0.148. The van der Waals surface area contributed by atoms with Crippen LogP contribution in [0.25, 0.3) is 0 Å². The normalized spacial score (nSPS) is 35.7. The van der Waals surface area contributed by atoms with Gasteiger partial charge in [0.1, 0.15) is 0 Å². The minimum Gasteiger partial charge on any atom is -0.466 e. The first kappa shape index (κ1) is 15.4. The van der Waals surface area contributed by atoms with Gasteiger partial charge in [-0.2, -0.15) is 0 Å². The maximum absolute atomic E-state index is 12.7. The van der Waals surface area contributed by atoms with Crippen LogP contribution in [0.2, 0.25) is 0 Å². The summed E-state index contributed by atoms with van der Waals surface area (Å²) in [6.07, 6.45) is 5.50. The number of piperidine rings is 1. The number of anilines is 1. The lowest BCUT2D eigenvalue weighted by Gasteiger charge is -2.56. The Balaban J connectivity index is 1.81. The van der Waals surface area contributed by atoms with E-state index in [4.69, 9.17) is 4.74 Å². The van der Waals surface area contributed by atoms with Gasteiger partial charge in [-0.15, -0.1) is 0 Å². The van der Waals surface area contributed by atoms with Gasteiger partial charge in [0, 0.05) is 17.4 Å². The number of rotatable bonds is 2. The zero-order valence-corrected chi connectivity index (χ0v) is 15.1. The molecule has 25 heavy (non-hydrogen) atoms. The molecule has 0 radical (unpaired) electrons. The predicted octanol–water partition coefficient (Wildman–Crippen LogP) is 3.45. The molecule has 1 unspecified atom stereocenters. The van der Waals surface area contributed by atoms with E-state index in [1.165, 1.54) is 37.7 Å². The van der Waals surface area contributed by atoms with Crippen molar-refractivity contribution in [2.75, 3.05) is 25.5 Å². The van der Waals surface area contributed by atoms with E-state index in [1.54, 1.807) is 0 Å². The van der Waals surface area contributed by atoms with Crippen LogP contribution in [-0.4, -0.2) is 37.1 Å². The number of nitrogens with zero attached hydrogens (tertiary/aromatic N) is 1. The van der Waals surface area contributed by atoms with Crippen LogP contribution < -0.4 is 5.32 Å². The van der Waals surface area contributed by atoms with Gasteiger partial charge in [0.05, 0.1) is 18.1 Å². The third kappa shape index (κ3) is 1.74. The molecule has 0 bridgehead atoms. The van der Waals surface area contributed by atoms with Crippen molar-refractivity contribution >= 4 is 11.7 Å². The van der Waals surface area contributed by atoms with Crippen molar-refractivity contribution in [1.29, 1.82) is 0 Å². The first-order chi connectivity index (χ1) is 12.2. The summed E-state index contributed by atoms with van der Waals surface area (Å²) in [5.74, 6) is -0.148. The molecule has 1 N–H and O–H groups in total. The number of carbonyl (C=O) groups is 1. The maximum atomic E-state index is 12.7. The maximum Gasteiger partial charge on any atom is 0.335 e. The van der Waals surface area contributed by atoms with Gasteiger partial charge in [-0.3, -0.25) is 4.90 Å². The van der Waals surface area contributed by atoms with Gasteiger partial charge in [-0.05, 0) is 62.2 Å². The van der Waals surface area contributed by atoms with Crippen molar-refractivity contribution in [3.8, 4) is 0 Å². The van der Waals surface area contributed by atoms with Gasteiger partial charge < -0.3 is 10.1 Å². The second kappa shape index (κ2) is 5.10. The molecular weight excluding hydrogens is 312 g/mol. The van der Waals surface area contributed by atoms with E-state index in [9.17, 15) is 4.79 Å². The van der Waals surface area contributed by atoms with E-state index in [0.717, 1.165) is 37.1 Å². The molecule has 3 aliphatic heterocycles. The lowest BCUT2D eigenvalue weighted by molar-refractivity contribution is -0.137. The van der Waals surface area contributed by atoms with E-state index >= 15 is 0 Å². The summed E-state index contributed by atoms with van der Waals surface area (Å²) in [5.41, 5.74) is 4.71. The van der Waals surface area contributed by atoms with Crippen LogP contribution in [0.5, 0.6) is 0 Å². The molecule has 4 nitrogen and oxygen atoms in total. The highest BCUT2D eigenvalue weighted by Crippen LogP contribution is 2.65. The molecule has 132 valence electrons. The number of carbonyl (C=O) groups excluding carboxylic acids is 1. The molecule has 1 aromatic rings. The Hall–Kier alpha value is -1.81. The van der Waals surface area contributed by atoms with E-state index in [-0.39, 0.29) is 16.8 Å². The number of para-hydroxylation sites is 1. The summed E-state index contributed by atoms with van der Waals surface area (Å²) in [4.78, 5) is 15.4. The van der Waals surface area contributed by atoms with Gasteiger partial charge in [0.25, 0.3) is 0 Å². The molecule has 4 heteroatoms. The van der Waals surface area contributed by atoms with Crippen LogP contribution in [0.4, 0.5) is 5.69 Å². The van der Waals surface area contributed by atoms with Crippen molar-refractivity contribution in [1.82, 2.24) is 4.90 Å². The topological polar surface area (TPSA) is 41.6 Å². The summed E-state index contributed by atoms with van der Waals surface area (Å²) in [5, 5.41) is 3.65. The first-order valence-electron chi connectivity index (χ1n) is 9.59. The molecule has 5 rings (SSSR count). The fourth-order valence-electron chi connectivity index (χ4n) is 6.49. The molecule has 1 aliphatic carbocycles. The average molecular weight is 338 g/mol. The highest BCUT2D eigenvalue weighted by molar-refractivity contribution is 5.93. The largest absolute Gasteiger partial charge is 0.466 e. The summed E-state index contributed by atoms with van der Waals surface area (Å²) in [7, 11) is 1.51. The SMILES string of the molecule is CC[C@]12CCCN3CC[C@@]4(C(=C(C(=O)OC)C1)Nc1ccccc14)C32. The number of esters is 1. The van der Waals surface area contributed by atoms with Crippen LogP contribution in [0.3, 0.4) is 0 Å². The number of hydrogen-bond acceptors (Lipinski definition) is 4. The van der Waals surface area contributed by atoms with Crippen molar-refractivity contribution < 1.29 is 9.53 Å². The number of fused-ring (bicyclic) bond motifs is 1. The second-order valence-electron chi connectivity index (χ2n) is 8.17. The Kier molecular flexibility index (Phi) is 3.15. The molecule has 0 amide bonds. The number of nitrogens with one attached hydrogen (secondary N) is 1. The smallest absolute Gasteiger partial charge is 0.335 e. The summed E-state index contributed by atoms with van der Waals surface area (Å²) in [6, 6.07) is 9.15. The number of hydrogen-bond donors (Lipinski definition) is 1. The first-order valence-corrected chi connectivity index (χ1v) is 9.59. The minimum absolute atomic E-state index is 0.0607. The highest BCUT2D eigenvalue weighted by atomic mass is 16.5. The van der Waals surface area contributed by atoms with Crippen molar-refractivity contribution in [2.24, 2.45) is 5.41 Å². The molecule has 1 aromatic carbocycles. The Labute approximate surface area is 149 Å². The van der Waals surface area contributed by atoms with E-state index in [2.05, 4.69) is 41.4 Å². The molecule has 2 saturated heterocycles. The highest BCUT2D eigenvalue weighted by Gasteiger charge is 2.65. The fourth-order valence-corrected chi connectivity index (χ4v) is 6.49. The molecule has 0 saturated carbocycles. The van der Waals surface area contributed by atoms with Gasteiger partial charge in [-0.25, -0.2) is 4.79 Å². The summed E-state index contributed by atoms with van der Waals surface area (Å²) < 4.78 is 5.22. The summed E-state index contributed by atoms with van der Waals surface area (Å²) >= 11 is 0. The zero-order chi connectivity index (χ0) is 17.2. The average Bonchev–Trinajstić information content (AvgIpc) is 3.21. The Bertz CT molecular complexity index is 786. The Morgan fingerprint density at radius 1 is 1.32 bits per heavy atom. The van der Waals surface area contributed by atoms with Crippen molar-refractivity contribution in [3.63, 3.8) is 0 Å². The van der Waals surface area contributed by atoms with Crippen LogP contribution in [0.15, 0.2) is 35.5 Å². The monoisotopic (exact) mass is 338 g/mol. The van der Waals surface area contributed by atoms with Crippen molar-refractivity contribution in [2.45, 2.75) is 50.5 Å². The predicted molar refractivity (Wildman–Crippen MR) is 97.3 cm³/mol. The number of benzene rings is 1. The lowest BCUT2D eigenvalue weighted by atomic mass is 9.53. The number of ether oxygens (including phenoxy) is 1. The third-order valence-electron chi connectivity index (χ3n) is 7.41. The lowest BCUT2D eigenvalue weighted by Crippen LogP contribution is -2.59. The molecule has 3 atom stereocenters. The van der Waals surface area contributed by atoms with E-state index < -0.39 is 0 Å². The third-order valence-corrected chi connectivity index (χ3v) is 7.41. The second-order valence-corrected chi connectivity index (χ2v) is 8.17. The Morgan fingerprint density at radius 2 is 2.16 bits per heavy atom. The molecular formula is C21H26N2O2. The van der Waals surface area contributed by atoms with Crippen LogP contribution in [-0.2, 0) is 14.9 Å². The van der Waals surface area contributed by atoms with Gasteiger partial charge in [0.15, 0.2) is 0 Å². The zero-order valence-electron chi connectivity index (χ0n) is 15.1. The summed E-state index contributed by atoms with van der Waals surface area (Å²) in [6.45, 7) is 4.63. The van der Waals surface area contributed by atoms with Crippen LogP contribution in [0.1, 0.15) is 44.6 Å². The molecule has 2 fully saturated rings. The molecule has 1 spiro atoms. The standard InChI is InChI=1S/C21H26N2O2/c1-3-20-9-6-11-23-12-10-21(19(20)23)15-7-4-5-8-16(15)22-17(21)14(13-20)18(24)25-2/h4-5,7-8,19,22H,3,6,9-13H2,1-2H3/t19?,20-,21+/m0/s1. The van der Waals surface area contributed by atoms with E-state index in [1.807, 2.05) is 0 Å². The van der Waals surface area contributed by atoms with Gasteiger partial charge in [-0.1, -0.05) is 25.1 Å². The number of methoxy groups -OCH3 is 1. The van der Waals surface area contributed by atoms with E-state index in [0.29, 0.717) is 6.04 Å². The van der Waals surface area contributed by atoms with Crippen LogP contribution in [0, 0.1) is 5.41 Å². The van der Waals surface area contributed by atoms with Crippen molar-refractivity contribution in [3.05, 3.63) is 41.1 Å². The quantitative estimate of drug-likeness (QED) is 0.839. The Morgan fingerprint density at radius 3 is 2.96 bits per heavy atom. The molecule has 3 heterocycles. The molecule has 4 aliphatic rings. The fraction of sp³-hybridized carbons (Fsp3) is 0.571. The molecule has 0 aromatic heterocycles.